The molecule has 0 saturated heterocycles. The third-order valence-electron chi connectivity index (χ3n) is 6.07. The molecule has 2 aromatic rings. The topological polar surface area (TPSA) is 55.0 Å². The maximum Gasteiger partial charge on any atom is 0.419 e. The van der Waals surface area contributed by atoms with E-state index in [1.165, 1.54) is 18.2 Å². The molecule has 0 aliphatic heterocycles. The normalized spacial score (nSPS) is 25.4. The number of H-pyrrole nitrogens is 1. The SMILES string of the molecule is CCC1(Oc2ccc(-c3ccc(=O)[nH]n3)cc2C(F)(F)F)CC(C)CCCC(C)C1. The standard InChI is InChI=1S/C23H29F3N2O2/c1-4-22(13-15(2)6-5-7-16(3)14-22)30-20-10-8-17(12-18(20)23(24,25)26)19-9-11-21(29)28-27-19/h8-12,15-16H,4-7,13-14H2,1-3H3,(H,28,29). The number of ether oxygens (including phenoxy) is 1. The molecule has 0 amide bonds. The first-order chi connectivity index (χ1) is 14.1. The molecule has 2 unspecified atom stereocenters. The molecule has 1 aliphatic rings. The molecular formula is C23H29F3N2O2. The van der Waals surface area contributed by atoms with Crippen molar-refractivity contribution in [1.29, 1.82) is 0 Å². The number of nitrogens with one attached hydrogen (secondary N) is 1. The molecular weight excluding hydrogens is 393 g/mol. The van der Waals surface area contributed by atoms with Gasteiger partial charge in [-0.2, -0.15) is 18.3 Å². The van der Waals surface area contributed by atoms with Gasteiger partial charge in [-0.3, -0.25) is 4.79 Å². The van der Waals surface area contributed by atoms with E-state index in [1.54, 1.807) is 6.07 Å². The van der Waals surface area contributed by atoms with Gasteiger partial charge in [0.15, 0.2) is 0 Å². The van der Waals surface area contributed by atoms with E-state index in [4.69, 9.17) is 4.74 Å². The van der Waals surface area contributed by atoms with E-state index in [-0.39, 0.29) is 17.0 Å². The van der Waals surface area contributed by atoms with Crippen LogP contribution < -0.4 is 10.3 Å². The Balaban J connectivity index is 2.01. The summed E-state index contributed by atoms with van der Waals surface area (Å²) in [5.41, 5.74) is -1.30. The van der Waals surface area contributed by atoms with E-state index in [2.05, 4.69) is 24.0 Å². The van der Waals surface area contributed by atoms with E-state index in [9.17, 15) is 18.0 Å². The second kappa shape index (κ2) is 8.82. The lowest BCUT2D eigenvalue weighted by Crippen LogP contribution is -2.40. The van der Waals surface area contributed by atoms with E-state index >= 15 is 0 Å². The highest BCUT2D eigenvalue weighted by Crippen LogP contribution is 2.43. The molecule has 1 N–H and O–H groups in total. The fourth-order valence-corrected chi connectivity index (χ4v) is 4.55. The molecule has 0 bridgehead atoms. The molecule has 1 saturated carbocycles. The van der Waals surface area contributed by atoms with Gasteiger partial charge in [0.05, 0.1) is 11.3 Å². The van der Waals surface area contributed by atoms with Crippen LogP contribution >= 0.6 is 0 Å². The summed E-state index contributed by atoms with van der Waals surface area (Å²) in [6.07, 6.45) is 0.861. The van der Waals surface area contributed by atoms with Gasteiger partial charge in [-0.25, -0.2) is 5.10 Å². The molecule has 1 aromatic carbocycles. The third kappa shape index (κ3) is 5.24. The number of nitrogens with zero attached hydrogens (tertiary/aromatic N) is 1. The Bertz CT molecular complexity index is 891. The van der Waals surface area contributed by atoms with Crippen molar-refractivity contribution >= 4 is 0 Å². The summed E-state index contributed by atoms with van der Waals surface area (Å²) < 4.78 is 48.0. The van der Waals surface area contributed by atoms with E-state index in [1.807, 2.05) is 6.92 Å². The van der Waals surface area contributed by atoms with Crippen LogP contribution in [0.4, 0.5) is 13.2 Å². The highest BCUT2D eigenvalue weighted by molar-refractivity contribution is 5.62. The van der Waals surface area contributed by atoms with Crippen LogP contribution in [0.15, 0.2) is 35.1 Å². The molecule has 1 fully saturated rings. The van der Waals surface area contributed by atoms with Crippen LogP contribution in [0.3, 0.4) is 0 Å². The predicted octanol–water partition coefficient (Wildman–Crippen LogP) is 6.22. The molecule has 4 nitrogen and oxygen atoms in total. The van der Waals surface area contributed by atoms with Crippen molar-refractivity contribution in [2.45, 2.75) is 71.1 Å². The molecule has 7 heteroatoms. The van der Waals surface area contributed by atoms with Crippen molar-refractivity contribution in [2.75, 3.05) is 0 Å². The largest absolute Gasteiger partial charge is 0.487 e. The number of halogens is 3. The molecule has 2 atom stereocenters. The first-order valence-electron chi connectivity index (χ1n) is 10.6. The summed E-state index contributed by atoms with van der Waals surface area (Å²) in [6.45, 7) is 6.30. The van der Waals surface area contributed by atoms with Gasteiger partial charge in [0, 0.05) is 11.6 Å². The van der Waals surface area contributed by atoms with Crippen molar-refractivity contribution in [2.24, 2.45) is 11.8 Å². The second-order valence-electron chi connectivity index (χ2n) is 8.70. The summed E-state index contributed by atoms with van der Waals surface area (Å²) in [5.74, 6) is 0.658. The smallest absolute Gasteiger partial charge is 0.419 e. The molecule has 0 spiro atoms. The average Bonchev–Trinajstić information content (AvgIpc) is 2.67. The zero-order valence-electron chi connectivity index (χ0n) is 17.7. The first-order valence-corrected chi connectivity index (χ1v) is 10.6. The minimum absolute atomic E-state index is 0.141. The van der Waals surface area contributed by atoms with Gasteiger partial charge >= 0.3 is 6.18 Å². The highest BCUT2D eigenvalue weighted by atomic mass is 19.4. The summed E-state index contributed by atoms with van der Waals surface area (Å²) in [6, 6.07) is 6.64. The molecule has 1 heterocycles. The Labute approximate surface area is 174 Å². The Hall–Kier alpha value is -2.31. The van der Waals surface area contributed by atoms with Gasteiger partial charge in [0.2, 0.25) is 0 Å². The molecule has 1 aromatic heterocycles. The van der Waals surface area contributed by atoms with E-state index in [0.29, 0.717) is 18.3 Å². The number of aromatic nitrogens is 2. The zero-order valence-corrected chi connectivity index (χ0v) is 17.7. The summed E-state index contributed by atoms with van der Waals surface area (Å²) in [7, 11) is 0. The Morgan fingerprint density at radius 1 is 1.13 bits per heavy atom. The fourth-order valence-electron chi connectivity index (χ4n) is 4.55. The van der Waals surface area contributed by atoms with Gasteiger partial charge in [0.1, 0.15) is 11.4 Å². The van der Waals surface area contributed by atoms with Crippen LogP contribution in [0, 0.1) is 11.8 Å². The second-order valence-corrected chi connectivity index (χ2v) is 8.70. The van der Waals surface area contributed by atoms with Crippen LogP contribution in [0.1, 0.15) is 64.9 Å². The number of rotatable bonds is 4. The van der Waals surface area contributed by atoms with Crippen LogP contribution in [0.5, 0.6) is 5.75 Å². The van der Waals surface area contributed by atoms with Crippen molar-refractivity contribution in [1.82, 2.24) is 10.2 Å². The van der Waals surface area contributed by atoms with Crippen molar-refractivity contribution < 1.29 is 17.9 Å². The number of hydrogen-bond donors (Lipinski definition) is 1. The van der Waals surface area contributed by atoms with Crippen molar-refractivity contribution in [3.05, 3.63) is 46.2 Å². The average molecular weight is 422 g/mol. The molecule has 0 radical (unpaired) electrons. The maximum atomic E-state index is 13.9. The minimum atomic E-state index is -4.57. The fraction of sp³-hybridized carbons (Fsp3) is 0.565. The quantitative estimate of drug-likeness (QED) is 0.636. The van der Waals surface area contributed by atoms with E-state index < -0.39 is 22.9 Å². The van der Waals surface area contributed by atoms with Crippen LogP contribution in [-0.2, 0) is 6.18 Å². The number of hydrogen-bond acceptors (Lipinski definition) is 3. The monoisotopic (exact) mass is 422 g/mol. The van der Waals surface area contributed by atoms with Gasteiger partial charge in [-0.1, -0.05) is 40.0 Å². The van der Waals surface area contributed by atoms with Gasteiger partial charge in [0.25, 0.3) is 5.56 Å². The summed E-state index contributed by atoms with van der Waals surface area (Å²) in [5, 5.41) is 6.10. The number of alkyl halides is 3. The van der Waals surface area contributed by atoms with E-state index in [0.717, 1.165) is 38.2 Å². The lowest BCUT2D eigenvalue weighted by Gasteiger charge is -2.40. The van der Waals surface area contributed by atoms with Gasteiger partial charge < -0.3 is 4.74 Å². The van der Waals surface area contributed by atoms with Gasteiger partial charge in [-0.15, -0.1) is 0 Å². The van der Waals surface area contributed by atoms with Crippen LogP contribution in [-0.4, -0.2) is 15.8 Å². The van der Waals surface area contributed by atoms with Crippen LogP contribution in [0.25, 0.3) is 11.3 Å². The first kappa shape index (κ1) is 22.4. The highest BCUT2D eigenvalue weighted by Gasteiger charge is 2.40. The van der Waals surface area contributed by atoms with Gasteiger partial charge in [-0.05, 0) is 55.4 Å². The Morgan fingerprint density at radius 2 is 1.80 bits per heavy atom. The van der Waals surface area contributed by atoms with Crippen LogP contribution in [0.2, 0.25) is 0 Å². The molecule has 30 heavy (non-hydrogen) atoms. The maximum absolute atomic E-state index is 13.9. The third-order valence-corrected chi connectivity index (χ3v) is 6.07. The number of aromatic amines is 1. The Morgan fingerprint density at radius 3 is 2.33 bits per heavy atom. The molecule has 1 aliphatic carbocycles. The molecule has 3 rings (SSSR count). The Kier molecular flexibility index (Phi) is 6.58. The lowest BCUT2D eigenvalue weighted by molar-refractivity contribution is -0.140. The zero-order chi connectivity index (χ0) is 21.9. The number of benzene rings is 1. The lowest BCUT2D eigenvalue weighted by atomic mass is 9.76. The summed E-state index contributed by atoms with van der Waals surface area (Å²) >= 11 is 0. The predicted molar refractivity (Wildman–Crippen MR) is 110 cm³/mol. The minimum Gasteiger partial charge on any atom is -0.487 e. The van der Waals surface area contributed by atoms with Crippen molar-refractivity contribution in [3.8, 4) is 17.0 Å². The molecule has 164 valence electrons. The van der Waals surface area contributed by atoms with Crippen molar-refractivity contribution in [3.63, 3.8) is 0 Å². The summed E-state index contributed by atoms with van der Waals surface area (Å²) in [4.78, 5) is 11.2.